The maximum atomic E-state index is 12.4. The predicted octanol–water partition coefficient (Wildman–Crippen LogP) is 1.76. The number of hydrogen-bond donors (Lipinski definition) is 0. The zero-order valence-corrected chi connectivity index (χ0v) is 14.4. The molecule has 1 saturated heterocycles. The Hall–Kier alpha value is -2.44. The highest BCUT2D eigenvalue weighted by molar-refractivity contribution is 5.92. The molecule has 3 rings (SSSR count). The van der Waals surface area contributed by atoms with Gasteiger partial charge in [0, 0.05) is 37.6 Å². The SMILES string of the molecule is Cc1ncnc(OCC2CCN(C(=O)c3ccn(C)n3)CC2)c1C. The molecular formula is C17H23N5O2. The van der Waals surface area contributed by atoms with E-state index in [2.05, 4.69) is 15.1 Å². The third kappa shape index (κ3) is 3.55. The van der Waals surface area contributed by atoms with Crippen LogP contribution in [-0.2, 0) is 7.05 Å². The molecule has 2 aromatic rings. The first-order chi connectivity index (χ1) is 11.5. The molecule has 0 N–H and O–H groups in total. The number of carbonyl (C=O) groups is 1. The van der Waals surface area contributed by atoms with Crippen molar-refractivity contribution in [2.75, 3.05) is 19.7 Å². The van der Waals surface area contributed by atoms with Gasteiger partial charge >= 0.3 is 0 Å². The Balaban J connectivity index is 1.50. The van der Waals surface area contributed by atoms with Crippen LogP contribution in [0, 0.1) is 19.8 Å². The van der Waals surface area contributed by atoms with Gasteiger partial charge in [0.25, 0.3) is 5.91 Å². The van der Waals surface area contributed by atoms with Crippen LogP contribution in [0.25, 0.3) is 0 Å². The van der Waals surface area contributed by atoms with E-state index in [1.165, 1.54) is 6.33 Å². The maximum absolute atomic E-state index is 12.4. The van der Waals surface area contributed by atoms with E-state index in [-0.39, 0.29) is 5.91 Å². The highest BCUT2D eigenvalue weighted by Gasteiger charge is 2.25. The molecule has 7 heteroatoms. The van der Waals surface area contributed by atoms with Crippen molar-refractivity contribution in [1.82, 2.24) is 24.6 Å². The number of ether oxygens (including phenoxy) is 1. The van der Waals surface area contributed by atoms with Gasteiger partial charge < -0.3 is 9.64 Å². The fourth-order valence-corrected chi connectivity index (χ4v) is 2.85. The highest BCUT2D eigenvalue weighted by atomic mass is 16.5. The van der Waals surface area contributed by atoms with E-state index in [1.807, 2.05) is 25.8 Å². The largest absolute Gasteiger partial charge is 0.477 e. The number of carbonyl (C=O) groups excluding carboxylic acids is 1. The van der Waals surface area contributed by atoms with E-state index in [0.29, 0.717) is 24.1 Å². The van der Waals surface area contributed by atoms with Gasteiger partial charge in [0.1, 0.15) is 12.0 Å². The average molecular weight is 329 g/mol. The Kier molecular flexibility index (Phi) is 4.78. The molecule has 0 radical (unpaired) electrons. The van der Waals surface area contributed by atoms with Crippen molar-refractivity contribution in [3.05, 3.63) is 35.5 Å². The first kappa shape index (κ1) is 16.4. The molecule has 1 amide bonds. The maximum Gasteiger partial charge on any atom is 0.274 e. The molecule has 0 saturated carbocycles. The van der Waals surface area contributed by atoms with E-state index in [1.54, 1.807) is 16.9 Å². The summed E-state index contributed by atoms with van der Waals surface area (Å²) < 4.78 is 7.52. The fourth-order valence-electron chi connectivity index (χ4n) is 2.85. The highest BCUT2D eigenvalue weighted by Crippen LogP contribution is 2.21. The van der Waals surface area contributed by atoms with Crippen LogP contribution in [0.4, 0.5) is 0 Å². The van der Waals surface area contributed by atoms with E-state index in [0.717, 1.165) is 37.2 Å². The lowest BCUT2D eigenvalue weighted by Gasteiger charge is -2.31. The Morgan fingerprint density at radius 3 is 2.71 bits per heavy atom. The number of rotatable bonds is 4. The van der Waals surface area contributed by atoms with Gasteiger partial charge in [-0.1, -0.05) is 0 Å². The molecule has 0 bridgehead atoms. The number of likely N-dealkylation sites (tertiary alicyclic amines) is 1. The van der Waals surface area contributed by atoms with Crippen molar-refractivity contribution >= 4 is 5.91 Å². The molecule has 128 valence electrons. The van der Waals surface area contributed by atoms with Crippen molar-refractivity contribution in [3.8, 4) is 5.88 Å². The summed E-state index contributed by atoms with van der Waals surface area (Å²) in [6.07, 6.45) is 5.19. The Morgan fingerprint density at radius 1 is 1.29 bits per heavy atom. The van der Waals surface area contributed by atoms with Gasteiger partial charge in [-0.15, -0.1) is 0 Å². The summed E-state index contributed by atoms with van der Waals surface area (Å²) in [6.45, 7) is 6.03. The third-order valence-electron chi connectivity index (χ3n) is 4.58. The molecule has 3 heterocycles. The van der Waals surface area contributed by atoms with E-state index in [4.69, 9.17) is 4.74 Å². The minimum absolute atomic E-state index is 0.0113. The Morgan fingerprint density at radius 2 is 2.04 bits per heavy atom. The van der Waals surface area contributed by atoms with E-state index >= 15 is 0 Å². The molecule has 7 nitrogen and oxygen atoms in total. The zero-order chi connectivity index (χ0) is 17.1. The quantitative estimate of drug-likeness (QED) is 0.854. The summed E-state index contributed by atoms with van der Waals surface area (Å²) in [5, 5.41) is 4.19. The summed E-state index contributed by atoms with van der Waals surface area (Å²) >= 11 is 0. The number of nitrogens with zero attached hydrogens (tertiary/aromatic N) is 5. The number of amides is 1. The lowest BCUT2D eigenvalue weighted by molar-refractivity contribution is 0.0652. The van der Waals surface area contributed by atoms with Gasteiger partial charge in [0.05, 0.1) is 6.61 Å². The van der Waals surface area contributed by atoms with Crippen LogP contribution in [0.2, 0.25) is 0 Å². The first-order valence-corrected chi connectivity index (χ1v) is 8.24. The molecule has 1 aliphatic heterocycles. The first-order valence-electron chi connectivity index (χ1n) is 8.24. The van der Waals surface area contributed by atoms with Crippen LogP contribution in [0.5, 0.6) is 5.88 Å². The van der Waals surface area contributed by atoms with E-state index < -0.39 is 0 Å². The van der Waals surface area contributed by atoms with Crippen molar-refractivity contribution in [3.63, 3.8) is 0 Å². The van der Waals surface area contributed by atoms with Crippen LogP contribution in [0.15, 0.2) is 18.6 Å². The number of piperidine rings is 1. The molecular weight excluding hydrogens is 306 g/mol. The van der Waals surface area contributed by atoms with Crippen molar-refractivity contribution in [1.29, 1.82) is 0 Å². The van der Waals surface area contributed by atoms with Gasteiger partial charge in [0.2, 0.25) is 5.88 Å². The Labute approximate surface area is 141 Å². The number of aromatic nitrogens is 4. The molecule has 24 heavy (non-hydrogen) atoms. The number of hydrogen-bond acceptors (Lipinski definition) is 5. The van der Waals surface area contributed by atoms with Gasteiger partial charge in [-0.2, -0.15) is 5.10 Å². The van der Waals surface area contributed by atoms with Gasteiger partial charge in [-0.05, 0) is 38.7 Å². The molecule has 0 unspecified atom stereocenters. The molecule has 1 aliphatic rings. The summed E-state index contributed by atoms with van der Waals surface area (Å²) in [7, 11) is 1.82. The van der Waals surface area contributed by atoms with Crippen LogP contribution in [0.1, 0.15) is 34.6 Å². The van der Waals surface area contributed by atoms with Crippen LogP contribution < -0.4 is 4.74 Å². The van der Waals surface area contributed by atoms with Gasteiger partial charge in [-0.3, -0.25) is 9.48 Å². The Bertz CT molecular complexity index is 720. The van der Waals surface area contributed by atoms with E-state index in [9.17, 15) is 4.79 Å². The summed E-state index contributed by atoms with van der Waals surface area (Å²) in [5.41, 5.74) is 2.44. The normalized spacial score (nSPS) is 15.5. The summed E-state index contributed by atoms with van der Waals surface area (Å²) in [5.74, 6) is 1.11. The smallest absolute Gasteiger partial charge is 0.274 e. The molecule has 0 aromatic carbocycles. The topological polar surface area (TPSA) is 73.1 Å². The molecule has 2 aromatic heterocycles. The standard InChI is InChI=1S/C17H23N5O2/c1-12-13(2)18-11-19-16(12)24-10-14-4-8-22(9-5-14)17(23)15-6-7-21(3)20-15/h6-7,11,14H,4-5,8-10H2,1-3H3. The van der Waals surface area contributed by atoms with Gasteiger partial charge in [-0.25, -0.2) is 9.97 Å². The third-order valence-corrected chi connectivity index (χ3v) is 4.58. The van der Waals surface area contributed by atoms with Crippen molar-refractivity contribution in [2.24, 2.45) is 13.0 Å². The fraction of sp³-hybridized carbons (Fsp3) is 0.529. The summed E-state index contributed by atoms with van der Waals surface area (Å²) in [6, 6.07) is 1.76. The van der Waals surface area contributed by atoms with Crippen molar-refractivity contribution in [2.45, 2.75) is 26.7 Å². The lowest BCUT2D eigenvalue weighted by atomic mass is 9.97. The minimum Gasteiger partial charge on any atom is -0.477 e. The van der Waals surface area contributed by atoms with Crippen LogP contribution in [0.3, 0.4) is 0 Å². The van der Waals surface area contributed by atoms with Crippen molar-refractivity contribution < 1.29 is 9.53 Å². The molecule has 0 aliphatic carbocycles. The summed E-state index contributed by atoms with van der Waals surface area (Å²) in [4.78, 5) is 22.6. The van der Waals surface area contributed by atoms with Gasteiger partial charge in [0.15, 0.2) is 0 Å². The second-order valence-electron chi connectivity index (χ2n) is 6.31. The molecule has 0 spiro atoms. The average Bonchev–Trinajstić information content (AvgIpc) is 3.02. The monoisotopic (exact) mass is 329 g/mol. The zero-order valence-electron chi connectivity index (χ0n) is 14.4. The number of aryl methyl sites for hydroxylation is 2. The minimum atomic E-state index is 0.0113. The van der Waals surface area contributed by atoms with Crippen LogP contribution in [-0.4, -0.2) is 50.3 Å². The second-order valence-corrected chi connectivity index (χ2v) is 6.31. The second kappa shape index (κ2) is 6.98. The van der Waals surface area contributed by atoms with Crippen LogP contribution >= 0.6 is 0 Å². The lowest BCUT2D eigenvalue weighted by Crippen LogP contribution is -2.40. The molecule has 1 fully saturated rings. The predicted molar refractivity (Wildman–Crippen MR) is 88.8 cm³/mol. The molecule has 0 atom stereocenters.